The van der Waals surface area contributed by atoms with E-state index in [2.05, 4.69) is 35.6 Å². The number of rotatable bonds is 7. The second-order valence-corrected chi connectivity index (χ2v) is 6.14. The quantitative estimate of drug-likeness (QED) is 0.706. The molecule has 26 heavy (non-hydrogen) atoms. The molecule has 0 heterocycles. The molecule has 0 aliphatic carbocycles. The Balaban J connectivity index is 1.57. The van der Waals surface area contributed by atoms with Crippen molar-refractivity contribution < 1.29 is 14.3 Å². The minimum atomic E-state index is -0.0302. The van der Waals surface area contributed by atoms with E-state index in [0.717, 1.165) is 12.0 Å². The van der Waals surface area contributed by atoms with Crippen LogP contribution in [0.3, 0.4) is 0 Å². The second kappa shape index (κ2) is 8.39. The van der Waals surface area contributed by atoms with Crippen molar-refractivity contribution in [1.82, 2.24) is 5.32 Å². The van der Waals surface area contributed by atoms with E-state index in [1.165, 1.54) is 16.3 Å². The molecule has 0 unspecified atom stereocenters. The summed E-state index contributed by atoms with van der Waals surface area (Å²) < 4.78 is 10.5. The molecule has 1 amide bonds. The molecule has 1 N–H and O–H groups in total. The lowest BCUT2D eigenvalue weighted by molar-refractivity contribution is -0.120. The van der Waals surface area contributed by atoms with Gasteiger partial charge in [0.1, 0.15) is 11.5 Å². The summed E-state index contributed by atoms with van der Waals surface area (Å²) in [6, 6.07) is 20.2. The van der Waals surface area contributed by atoms with Gasteiger partial charge in [0.15, 0.2) is 0 Å². The zero-order chi connectivity index (χ0) is 18.4. The highest BCUT2D eigenvalue weighted by Crippen LogP contribution is 2.24. The summed E-state index contributed by atoms with van der Waals surface area (Å²) in [6.07, 6.45) is 1.06. The van der Waals surface area contributed by atoms with Crippen LogP contribution in [0, 0.1) is 0 Å². The monoisotopic (exact) mass is 349 g/mol. The van der Waals surface area contributed by atoms with Crippen molar-refractivity contribution in [3.05, 3.63) is 71.8 Å². The van der Waals surface area contributed by atoms with Gasteiger partial charge in [-0.1, -0.05) is 42.5 Å². The van der Waals surface area contributed by atoms with Crippen LogP contribution < -0.4 is 14.8 Å². The van der Waals surface area contributed by atoms with E-state index in [0.29, 0.717) is 18.0 Å². The standard InChI is InChI=1S/C22H23NO3/c1-25-20-9-10-21(26-2)19(14-20)15-22(24)23-12-11-16-7-8-17-5-3-4-6-18(17)13-16/h3-10,13-14H,11-12,15H2,1-2H3,(H,23,24). The molecule has 4 nitrogen and oxygen atoms in total. The molecule has 3 aromatic rings. The number of nitrogens with one attached hydrogen (secondary N) is 1. The molecule has 0 radical (unpaired) electrons. The number of amides is 1. The maximum absolute atomic E-state index is 12.3. The van der Waals surface area contributed by atoms with E-state index < -0.39 is 0 Å². The Kier molecular flexibility index (Phi) is 5.74. The van der Waals surface area contributed by atoms with Crippen molar-refractivity contribution in [1.29, 1.82) is 0 Å². The summed E-state index contributed by atoms with van der Waals surface area (Å²) in [4.78, 5) is 12.3. The summed E-state index contributed by atoms with van der Waals surface area (Å²) in [6.45, 7) is 0.601. The van der Waals surface area contributed by atoms with Gasteiger partial charge >= 0.3 is 0 Å². The van der Waals surface area contributed by atoms with Crippen LogP contribution in [0.4, 0.5) is 0 Å². The predicted octanol–water partition coefficient (Wildman–Crippen LogP) is 3.76. The maximum atomic E-state index is 12.3. The van der Waals surface area contributed by atoms with E-state index in [-0.39, 0.29) is 12.3 Å². The molecule has 134 valence electrons. The lowest BCUT2D eigenvalue weighted by Crippen LogP contribution is -2.27. The number of carbonyl (C=O) groups excluding carboxylic acids is 1. The minimum absolute atomic E-state index is 0.0302. The van der Waals surface area contributed by atoms with Crippen molar-refractivity contribution in [2.24, 2.45) is 0 Å². The second-order valence-electron chi connectivity index (χ2n) is 6.14. The van der Waals surface area contributed by atoms with Crippen molar-refractivity contribution in [2.45, 2.75) is 12.8 Å². The Morgan fingerprint density at radius 2 is 1.73 bits per heavy atom. The fourth-order valence-electron chi connectivity index (χ4n) is 3.00. The Bertz CT molecular complexity index is 905. The summed E-state index contributed by atoms with van der Waals surface area (Å²) in [5.41, 5.74) is 2.03. The van der Waals surface area contributed by atoms with Crippen LogP contribution in [0.2, 0.25) is 0 Å². The molecular formula is C22H23NO3. The van der Waals surface area contributed by atoms with Crippen LogP contribution >= 0.6 is 0 Å². The molecule has 0 saturated heterocycles. The number of carbonyl (C=O) groups is 1. The van der Waals surface area contributed by atoms with Gasteiger partial charge in [-0.3, -0.25) is 4.79 Å². The zero-order valence-corrected chi connectivity index (χ0v) is 15.1. The first-order chi connectivity index (χ1) is 12.7. The average molecular weight is 349 g/mol. The van der Waals surface area contributed by atoms with Crippen LogP contribution in [-0.4, -0.2) is 26.7 Å². The third-order valence-electron chi connectivity index (χ3n) is 4.39. The third kappa shape index (κ3) is 4.33. The normalized spacial score (nSPS) is 10.5. The minimum Gasteiger partial charge on any atom is -0.497 e. The highest BCUT2D eigenvalue weighted by atomic mass is 16.5. The van der Waals surface area contributed by atoms with Gasteiger partial charge in [-0.15, -0.1) is 0 Å². The summed E-state index contributed by atoms with van der Waals surface area (Å²) >= 11 is 0. The number of benzene rings is 3. The molecule has 0 aromatic heterocycles. The topological polar surface area (TPSA) is 47.6 Å². The molecule has 0 bridgehead atoms. The average Bonchev–Trinajstić information content (AvgIpc) is 2.67. The van der Waals surface area contributed by atoms with Crippen molar-refractivity contribution in [3.63, 3.8) is 0 Å². The molecule has 0 saturated carbocycles. The number of fused-ring (bicyclic) bond motifs is 1. The molecule has 0 atom stereocenters. The molecule has 4 heteroatoms. The lowest BCUT2D eigenvalue weighted by Gasteiger charge is -2.11. The first-order valence-corrected chi connectivity index (χ1v) is 8.65. The van der Waals surface area contributed by atoms with Crippen molar-refractivity contribution in [3.8, 4) is 11.5 Å². The van der Waals surface area contributed by atoms with Crippen LogP contribution in [-0.2, 0) is 17.6 Å². The molecule has 0 aliphatic heterocycles. The van der Waals surface area contributed by atoms with Gasteiger partial charge in [-0.05, 0) is 41.0 Å². The van der Waals surface area contributed by atoms with E-state index in [1.807, 2.05) is 30.3 Å². The molecule has 0 fully saturated rings. The smallest absolute Gasteiger partial charge is 0.224 e. The molecule has 0 spiro atoms. The summed E-state index contributed by atoms with van der Waals surface area (Å²) in [7, 11) is 3.21. The first kappa shape index (κ1) is 17.8. The number of hydrogen-bond acceptors (Lipinski definition) is 3. The first-order valence-electron chi connectivity index (χ1n) is 8.65. The van der Waals surface area contributed by atoms with Gasteiger partial charge in [0.25, 0.3) is 0 Å². The molecule has 3 rings (SSSR count). The predicted molar refractivity (Wildman–Crippen MR) is 104 cm³/mol. The van der Waals surface area contributed by atoms with Gasteiger partial charge in [0.05, 0.1) is 20.6 Å². The van der Waals surface area contributed by atoms with Gasteiger partial charge in [-0.25, -0.2) is 0 Å². The number of methoxy groups -OCH3 is 2. The Morgan fingerprint density at radius 3 is 2.50 bits per heavy atom. The summed E-state index contributed by atoms with van der Waals surface area (Å²) in [5.74, 6) is 1.37. The van der Waals surface area contributed by atoms with Gasteiger partial charge in [0.2, 0.25) is 5.91 Å². The van der Waals surface area contributed by atoms with E-state index in [4.69, 9.17) is 9.47 Å². The fraction of sp³-hybridized carbons (Fsp3) is 0.227. The highest BCUT2D eigenvalue weighted by molar-refractivity contribution is 5.83. The van der Waals surface area contributed by atoms with Gasteiger partial charge in [-0.2, -0.15) is 0 Å². The van der Waals surface area contributed by atoms with Crippen LogP contribution in [0.5, 0.6) is 11.5 Å². The van der Waals surface area contributed by atoms with Gasteiger partial charge in [0, 0.05) is 12.1 Å². The van der Waals surface area contributed by atoms with Gasteiger partial charge < -0.3 is 14.8 Å². The SMILES string of the molecule is COc1ccc(OC)c(CC(=O)NCCc2ccc3ccccc3c2)c1. The molecular weight excluding hydrogens is 326 g/mol. The van der Waals surface area contributed by atoms with E-state index >= 15 is 0 Å². The molecule has 3 aromatic carbocycles. The maximum Gasteiger partial charge on any atom is 0.224 e. The van der Waals surface area contributed by atoms with Crippen molar-refractivity contribution >= 4 is 16.7 Å². The van der Waals surface area contributed by atoms with Crippen molar-refractivity contribution in [2.75, 3.05) is 20.8 Å². The largest absolute Gasteiger partial charge is 0.497 e. The summed E-state index contributed by atoms with van der Waals surface area (Å²) in [5, 5.41) is 5.43. The lowest BCUT2D eigenvalue weighted by atomic mass is 10.1. The third-order valence-corrected chi connectivity index (χ3v) is 4.39. The highest BCUT2D eigenvalue weighted by Gasteiger charge is 2.10. The van der Waals surface area contributed by atoms with Crippen LogP contribution in [0.25, 0.3) is 10.8 Å². The number of hydrogen-bond donors (Lipinski definition) is 1. The Morgan fingerprint density at radius 1 is 0.923 bits per heavy atom. The zero-order valence-electron chi connectivity index (χ0n) is 15.1. The Hall–Kier alpha value is -3.01. The Labute approximate surface area is 153 Å². The van der Waals surface area contributed by atoms with E-state index in [1.54, 1.807) is 14.2 Å². The van der Waals surface area contributed by atoms with Crippen LogP contribution in [0.1, 0.15) is 11.1 Å². The van der Waals surface area contributed by atoms with Crippen LogP contribution in [0.15, 0.2) is 60.7 Å². The van der Waals surface area contributed by atoms with E-state index in [9.17, 15) is 4.79 Å². The fourth-order valence-corrected chi connectivity index (χ4v) is 3.00. The number of ether oxygens (including phenoxy) is 2. The molecule has 0 aliphatic rings.